The number of rotatable bonds is 1. The van der Waals surface area contributed by atoms with E-state index in [2.05, 4.69) is 13.8 Å². The summed E-state index contributed by atoms with van der Waals surface area (Å²) in [6, 6.07) is 0. The molecular weight excluding hydrogens is 196 g/mol. The second-order valence-corrected chi connectivity index (χ2v) is 6.46. The lowest BCUT2D eigenvalue weighted by molar-refractivity contribution is -0.102. The first-order chi connectivity index (χ1) is 7.63. The summed E-state index contributed by atoms with van der Waals surface area (Å²) < 4.78 is 0. The molecule has 2 aliphatic carbocycles. The molecule has 0 heterocycles. The Bertz CT molecular complexity index is 217. The van der Waals surface area contributed by atoms with E-state index in [1.807, 2.05) is 0 Å². The molecule has 0 aromatic carbocycles. The Labute approximate surface area is 101 Å². The summed E-state index contributed by atoms with van der Waals surface area (Å²) in [5.74, 6) is 1.93. The Morgan fingerprint density at radius 3 is 2.12 bits per heavy atom. The van der Waals surface area contributed by atoms with Crippen LogP contribution in [0, 0.1) is 17.8 Å². The molecule has 0 saturated heterocycles. The zero-order chi connectivity index (χ0) is 11.6. The highest BCUT2D eigenvalue weighted by Crippen LogP contribution is 2.45. The SMILES string of the molecule is CC1CCC(O)(C2CCCCCC2)C(C)C1. The molecule has 0 aromatic rings. The minimum atomic E-state index is -0.323. The maximum Gasteiger partial charge on any atom is 0.0701 e. The van der Waals surface area contributed by atoms with Crippen LogP contribution in [0.4, 0.5) is 0 Å². The summed E-state index contributed by atoms with van der Waals surface area (Å²) in [5.41, 5.74) is -0.323. The summed E-state index contributed by atoms with van der Waals surface area (Å²) in [4.78, 5) is 0. The van der Waals surface area contributed by atoms with E-state index in [4.69, 9.17) is 0 Å². The van der Waals surface area contributed by atoms with Gasteiger partial charge in [0, 0.05) is 0 Å². The van der Waals surface area contributed by atoms with E-state index in [1.54, 1.807) is 0 Å². The van der Waals surface area contributed by atoms with E-state index in [0.717, 1.165) is 12.3 Å². The third-order valence-electron chi connectivity index (χ3n) is 5.21. The lowest BCUT2D eigenvalue weighted by Crippen LogP contribution is -2.47. The van der Waals surface area contributed by atoms with Crippen molar-refractivity contribution in [2.45, 2.75) is 77.2 Å². The van der Waals surface area contributed by atoms with Gasteiger partial charge in [-0.05, 0) is 49.9 Å². The molecule has 3 unspecified atom stereocenters. The number of aliphatic hydroxyl groups is 1. The summed E-state index contributed by atoms with van der Waals surface area (Å²) in [6.07, 6.45) is 11.5. The summed E-state index contributed by atoms with van der Waals surface area (Å²) in [7, 11) is 0. The van der Waals surface area contributed by atoms with Crippen LogP contribution in [0.3, 0.4) is 0 Å². The molecule has 94 valence electrons. The molecule has 16 heavy (non-hydrogen) atoms. The van der Waals surface area contributed by atoms with Crippen molar-refractivity contribution in [1.82, 2.24) is 0 Å². The van der Waals surface area contributed by atoms with Crippen molar-refractivity contribution in [3.05, 3.63) is 0 Å². The fourth-order valence-corrected chi connectivity index (χ4v) is 4.04. The Kier molecular flexibility index (Phi) is 3.94. The summed E-state index contributed by atoms with van der Waals surface area (Å²) in [5, 5.41) is 11.0. The van der Waals surface area contributed by atoms with E-state index >= 15 is 0 Å². The first-order valence-electron chi connectivity index (χ1n) is 7.35. The Morgan fingerprint density at radius 2 is 1.56 bits per heavy atom. The molecule has 0 spiro atoms. The van der Waals surface area contributed by atoms with Crippen molar-refractivity contribution in [2.75, 3.05) is 0 Å². The van der Waals surface area contributed by atoms with Crippen molar-refractivity contribution in [1.29, 1.82) is 0 Å². The van der Waals surface area contributed by atoms with Gasteiger partial charge in [-0.1, -0.05) is 39.5 Å². The highest BCUT2D eigenvalue weighted by atomic mass is 16.3. The van der Waals surface area contributed by atoms with Gasteiger partial charge >= 0.3 is 0 Å². The van der Waals surface area contributed by atoms with E-state index in [1.165, 1.54) is 51.4 Å². The molecule has 2 rings (SSSR count). The fraction of sp³-hybridized carbons (Fsp3) is 1.00. The molecule has 2 fully saturated rings. The highest BCUT2D eigenvalue weighted by molar-refractivity contribution is 4.95. The predicted octanol–water partition coefficient (Wildman–Crippen LogP) is 4.14. The third kappa shape index (κ3) is 2.45. The van der Waals surface area contributed by atoms with E-state index in [9.17, 15) is 5.11 Å². The van der Waals surface area contributed by atoms with Crippen LogP contribution in [-0.4, -0.2) is 10.7 Å². The molecule has 1 nitrogen and oxygen atoms in total. The number of hydrogen-bond donors (Lipinski definition) is 1. The molecule has 0 aliphatic heterocycles. The first kappa shape index (κ1) is 12.4. The zero-order valence-corrected chi connectivity index (χ0v) is 11.0. The molecule has 0 aromatic heterocycles. The third-order valence-corrected chi connectivity index (χ3v) is 5.21. The molecule has 2 saturated carbocycles. The summed E-state index contributed by atoms with van der Waals surface area (Å²) >= 11 is 0. The largest absolute Gasteiger partial charge is 0.389 e. The van der Waals surface area contributed by atoms with Gasteiger partial charge in [0.25, 0.3) is 0 Å². The van der Waals surface area contributed by atoms with Gasteiger partial charge in [-0.2, -0.15) is 0 Å². The van der Waals surface area contributed by atoms with Crippen molar-refractivity contribution in [3.8, 4) is 0 Å². The zero-order valence-electron chi connectivity index (χ0n) is 11.0. The smallest absolute Gasteiger partial charge is 0.0701 e. The van der Waals surface area contributed by atoms with Gasteiger partial charge in [0.1, 0.15) is 0 Å². The normalized spacial score (nSPS) is 42.9. The molecule has 2 aliphatic rings. The standard InChI is InChI=1S/C15H28O/c1-12-9-10-15(16,13(2)11-12)14-7-5-3-4-6-8-14/h12-14,16H,3-11H2,1-2H3. The molecule has 0 radical (unpaired) electrons. The van der Waals surface area contributed by atoms with Crippen molar-refractivity contribution in [2.24, 2.45) is 17.8 Å². The molecule has 0 amide bonds. The lowest BCUT2D eigenvalue weighted by atomic mass is 9.64. The quantitative estimate of drug-likeness (QED) is 0.664. The van der Waals surface area contributed by atoms with Crippen LogP contribution in [0.1, 0.15) is 71.6 Å². The summed E-state index contributed by atoms with van der Waals surface area (Å²) in [6.45, 7) is 4.61. The van der Waals surface area contributed by atoms with Crippen LogP contribution in [0.15, 0.2) is 0 Å². The van der Waals surface area contributed by atoms with E-state index in [0.29, 0.717) is 11.8 Å². The minimum absolute atomic E-state index is 0.323. The highest BCUT2D eigenvalue weighted by Gasteiger charge is 2.43. The average Bonchev–Trinajstić information content (AvgIpc) is 2.53. The average molecular weight is 224 g/mol. The second-order valence-electron chi connectivity index (χ2n) is 6.46. The van der Waals surface area contributed by atoms with Gasteiger partial charge in [0.15, 0.2) is 0 Å². The van der Waals surface area contributed by atoms with Gasteiger partial charge in [-0.3, -0.25) is 0 Å². The van der Waals surface area contributed by atoms with E-state index in [-0.39, 0.29) is 5.60 Å². The number of hydrogen-bond acceptors (Lipinski definition) is 1. The van der Waals surface area contributed by atoms with Crippen molar-refractivity contribution in [3.63, 3.8) is 0 Å². The Morgan fingerprint density at radius 1 is 0.938 bits per heavy atom. The Hall–Kier alpha value is -0.0400. The van der Waals surface area contributed by atoms with Gasteiger partial charge in [0.2, 0.25) is 0 Å². The van der Waals surface area contributed by atoms with Gasteiger partial charge in [0.05, 0.1) is 5.60 Å². The molecular formula is C15H28O. The van der Waals surface area contributed by atoms with Crippen molar-refractivity contribution < 1.29 is 5.11 Å². The first-order valence-corrected chi connectivity index (χ1v) is 7.35. The lowest BCUT2D eigenvalue weighted by Gasteiger charge is -2.46. The van der Waals surface area contributed by atoms with Gasteiger partial charge in [-0.15, -0.1) is 0 Å². The van der Waals surface area contributed by atoms with Gasteiger partial charge in [-0.25, -0.2) is 0 Å². The minimum Gasteiger partial charge on any atom is -0.389 e. The van der Waals surface area contributed by atoms with Crippen LogP contribution < -0.4 is 0 Å². The van der Waals surface area contributed by atoms with Crippen LogP contribution in [0.25, 0.3) is 0 Å². The van der Waals surface area contributed by atoms with Crippen molar-refractivity contribution >= 4 is 0 Å². The molecule has 1 heteroatoms. The fourth-order valence-electron chi connectivity index (χ4n) is 4.04. The topological polar surface area (TPSA) is 20.2 Å². The maximum atomic E-state index is 11.0. The van der Waals surface area contributed by atoms with E-state index < -0.39 is 0 Å². The maximum absolute atomic E-state index is 11.0. The van der Waals surface area contributed by atoms with Crippen LogP contribution in [0.2, 0.25) is 0 Å². The second kappa shape index (κ2) is 5.08. The predicted molar refractivity (Wildman–Crippen MR) is 68.3 cm³/mol. The molecule has 0 bridgehead atoms. The Balaban J connectivity index is 2.04. The van der Waals surface area contributed by atoms with Crippen LogP contribution >= 0.6 is 0 Å². The molecule has 3 atom stereocenters. The van der Waals surface area contributed by atoms with Gasteiger partial charge < -0.3 is 5.11 Å². The monoisotopic (exact) mass is 224 g/mol. The van der Waals surface area contributed by atoms with Crippen LogP contribution in [0.5, 0.6) is 0 Å². The van der Waals surface area contributed by atoms with Crippen LogP contribution in [-0.2, 0) is 0 Å². The molecule has 1 N–H and O–H groups in total.